The van der Waals surface area contributed by atoms with E-state index in [1.54, 1.807) is 6.07 Å². The number of nitrogens with zero attached hydrogens (tertiary/aromatic N) is 4. The number of aldehydes is 1. The van der Waals surface area contributed by atoms with Crippen LogP contribution >= 0.6 is 11.6 Å². The van der Waals surface area contributed by atoms with E-state index in [0.717, 1.165) is 34.5 Å². The third-order valence-electron chi connectivity index (χ3n) is 5.77. The normalized spacial score (nSPS) is 18.3. The summed E-state index contributed by atoms with van der Waals surface area (Å²) in [5, 5.41) is 0.686. The van der Waals surface area contributed by atoms with Gasteiger partial charge in [0.05, 0.1) is 22.5 Å². The zero-order valence-corrected chi connectivity index (χ0v) is 16.5. The number of aromatic nitrogens is 2. The first-order valence-electron chi connectivity index (χ1n) is 9.22. The van der Waals surface area contributed by atoms with Crippen LogP contribution in [0.1, 0.15) is 34.6 Å². The molecule has 0 unspecified atom stereocenters. The van der Waals surface area contributed by atoms with Gasteiger partial charge < -0.3 is 9.69 Å². The monoisotopic (exact) mass is 406 g/mol. The van der Waals surface area contributed by atoms with Crippen LogP contribution in [0.25, 0.3) is 0 Å². The molecule has 4 rings (SSSR count). The minimum atomic E-state index is -2.59. The van der Waals surface area contributed by atoms with E-state index < -0.39 is 6.43 Å². The van der Waals surface area contributed by atoms with E-state index in [2.05, 4.69) is 14.9 Å². The summed E-state index contributed by atoms with van der Waals surface area (Å²) in [6.07, 6.45) is -0.192. The van der Waals surface area contributed by atoms with Gasteiger partial charge in [-0.25, -0.2) is 8.78 Å². The van der Waals surface area contributed by atoms with Gasteiger partial charge in [0.25, 0.3) is 6.43 Å². The summed E-state index contributed by atoms with van der Waals surface area (Å²) < 4.78 is 25.7. The SMILES string of the molecule is Cc1nc2c(c(C)c1Cl)CN([C@H](C=O)C1CN(c3ccnc(C(F)F)c3)C1)C2. The van der Waals surface area contributed by atoms with Crippen LogP contribution in [0, 0.1) is 19.8 Å². The first kappa shape index (κ1) is 19.2. The second-order valence-corrected chi connectivity index (χ2v) is 7.88. The summed E-state index contributed by atoms with van der Waals surface area (Å²) in [7, 11) is 0. The van der Waals surface area contributed by atoms with Gasteiger partial charge in [-0.05, 0) is 37.1 Å². The molecule has 8 heteroatoms. The third-order valence-corrected chi connectivity index (χ3v) is 6.33. The van der Waals surface area contributed by atoms with E-state index in [-0.39, 0.29) is 17.7 Å². The summed E-state index contributed by atoms with van der Waals surface area (Å²) in [5.74, 6) is 0.145. The molecule has 4 heterocycles. The highest BCUT2D eigenvalue weighted by atomic mass is 35.5. The quantitative estimate of drug-likeness (QED) is 0.708. The Morgan fingerprint density at radius 2 is 2.04 bits per heavy atom. The van der Waals surface area contributed by atoms with Gasteiger partial charge in [0.1, 0.15) is 12.0 Å². The van der Waals surface area contributed by atoms with Gasteiger partial charge in [-0.3, -0.25) is 14.9 Å². The maximum absolute atomic E-state index is 12.9. The molecule has 5 nitrogen and oxygen atoms in total. The van der Waals surface area contributed by atoms with Crippen molar-refractivity contribution in [3.05, 3.63) is 51.6 Å². The van der Waals surface area contributed by atoms with Gasteiger partial charge in [-0.1, -0.05) is 11.6 Å². The summed E-state index contributed by atoms with van der Waals surface area (Å²) in [6, 6.07) is 2.91. The number of aryl methyl sites for hydroxylation is 1. The van der Waals surface area contributed by atoms with Crippen molar-refractivity contribution in [3.63, 3.8) is 0 Å². The molecule has 148 valence electrons. The van der Waals surface area contributed by atoms with Crippen LogP contribution in [-0.2, 0) is 17.9 Å². The van der Waals surface area contributed by atoms with Crippen LogP contribution in [0.3, 0.4) is 0 Å². The third kappa shape index (κ3) is 3.26. The van der Waals surface area contributed by atoms with Crippen molar-refractivity contribution in [3.8, 4) is 0 Å². The highest BCUT2D eigenvalue weighted by molar-refractivity contribution is 6.32. The van der Waals surface area contributed by atoms with Crippen LogP contribution in [0.5, 0.6) is 0 Å². The van der Waals surface area contributed by atoms with E-state index in [0.29, 0.717) is 31.2 Å². The number of pyridine rings is 2. The maximum Gasteiger partial charge on any atom is 0.280 e. The Balaban J connectivity index is 1.45. The number of fused-ring (bicyclic) bond motifs is 1. The number of carbonyl (C=O) groups is 1. The lowest BCUT2D eigenvalue weighted by Gasteiger charge is -2.45. The maximum atomic E-state index is 12.9. The van der Waals surface area contributed by atoms with Gasteiger partial charge in [-0.2, -0.15) is 0 Å². The van der Waals surface area contributed by atoms with E-state index in [1.165, 1.54) is 12.3 Å². The molecule has 2 aliphatic heterocycles. The number of alkyl halides is 2. The largest absolute Gasteiger partial charge is 0.371 e. The van der Waals surface area contributed by atoms with Crippen molar-refractivity contribution in [2.24, 2.45) is 5.92 Å². The average molecular weight is 407 g/mol. The zero-order valence-electron chi connectivity index (χ0n) is 15.7. The van der Waals surface area contributed by atoms with Crippen molar-refractivity contribution >= 4 is 23.6 Å². The summed E-state index contributed by atoms with van der Waals surface area (Å²) in [6.45, 7) is 6.45. The molecule has 0 spiro atoms. The van der Waals surface area contributed by atoms with Crippen LogP contribution in [0.4, 0.5) is 14.5 Å². The second-order valence-electron chi connectivity index (χ2n) is 7.50. The van der Waals surface area contributed by atoms with E-state index in [1.807, 2.05) is 18.7 Å². The number of rotatable bonds is 5. The smallest absolute Gasteiger partial charge is 0.280 e. The molecule has 1 saturated heterocycles. The predicted molar refractivity (Wildman–Crippen MR) is 103 cm³/mol. The fraction of sp³-hybridized carbons (Fsp3) is 0.450. The van der Waals surface area contributed by atoms with Crippen molar-refractivity contribution in [1.29, 1.82) is 0 Å². The van der Waals surface area contributed by atoms with Gasteiger partial charge in [0.2, 0.25) is 0 Å². The summed E-state index contributed by atoms with van der Waals surface area (Å²) in [5.41, 5.74) is 4.42. The van der Waals surface area contributed by atoms with E-state index >= 15 is 0 Å². The van der Waals surface area contributed by atoms with Crippen LogP contribution in [-0.4, -0.2) is 40.3 Å². The summed E-state index contributed by atoms with van der Waals surface area (Å²) in [4.78, 5) is 24.3. The fourth-order valence-corrected chi connectivity index (χ4v) is 4.29. The predicted octanol–water partition coefficient (Wildman–Crippen LogP) is 3.70. The molecule has 2 aromatic rings. The second kappa shape index (κ2) is 7.37. The first-order chi connectivity index (χ1) is 13.4. The molecule has 1 atom stereocenters. The van der Waals surface area contributed by atoms with Crippen LogP contribution in [0.2, 0.25) is 5.02 Å². The topological polar surface area (TPSA) is 49.3 Å². The molecule has 0 N–H and O–H groups in total. The van der Waals surface area contributed by atoms with Gasteiger partial charge in [0.15, 0.2) is 0 Å². The first-order valence-corrected chi connectivity index (χ1v) is 9.59. The molecule has 2 aromatic heterocycles. The highest BCUT2D eigenvalue weighted by Gasteiger charge is 2.39. The Morgan fingerprint density at radius 1 is 1.29 bits per heavy atom. The van der Waals surface area contributed by atoms with Crippen LogP contribution < -0.4 is 4.90 Å². The van der Waals surface area contributed by atoms with Gasteiger partial charge >= 0.3 is 0 Å². The number of hydrogen-bond donors (Lipinski definition) is 0. The van der Waals surface area contributed by atoms with E-state index in [4.69, 9.17) is 11.6 Å². The highest BCUT2D eigenvalue weighted by Crippen LogP contribution is 2.35. The molecular weight excluding hydrogens is 386 g/mol. The Hall–Kier alpha value is -2.12. The molecule has 0 radical (unpaired) electrons. The van der Waals surface area contributed by atoms with Gasteiger partial charge in [-0.15, -0.1) is 0 Å². The molecule has 0 bridgehead atoms. The molecule has 0 amide bonds. The molecule has 0 aromatic carbocycles. The summed E-state index contributed by atoms with van der Waals surface area (Å²) >= 11 is 6.33. The van der Waals surface area contributed by atoms with Crippen LogP contribution in [0.15, 0.2) is 18.3 Å². The molecule has 1 fully saturated rings. The van der Waals surface area contributed by atoms with E-state index in [9.17, 15) is 13.6 Å². The molecule has 0 aliphatic carbocycles. The van der Waals surface area contributed by atoms with Gasteiger partial charge in [0, 0.05) is 44.0 Å². The van der Waals surface area contributed by atoms with Crippen molar-refractivity contribution in [1.82, 2.24) is 14.9 Å². The molecule has 28 heavy (non-hydrogen) atoms. The number of halogens is 3. The standard InChI is InChI=1S/C20H21ClF2N4O/c1-11-15-8-27(9-17(15)25-12(2)19(11)21)18(10-28)13-6-26(7-13)14-3-4-24-16(5-14)20(22)23/h3-5,10,13,18,20H,6-9H2,1-2H3/t18-/m1/s1. The fourth-order valence-electron chi connectivity index (χ4n) is 4.13. The molecule has 2 aliphatic rings. The molecule has 0 saturated carbocycles. The minimum absolute atomic E-state index is 0.145. The lowest BCUT2D eigenvalue weighted by Crippen LogP contribution is -2.56. The number of anilines is 1. The number of hydrogen-bond acceptors (Lipinski definition) is 5. The number of carbonyl (C=O) groups excluding carboxylic acids is 1. The lowest BCUT2D eigenvalue weighted by atomic mass is 9.90. The van der Waals surface area contributed by atoms with Crippen molar-refractivity contribution < 1.29 is 13.6 Å². The average Bonchev–Trinajstić information content (AvgIpc) is 3.06. The zero-order chi connectivity index (χ0) is 20.0. The minimum Gasteiger partial charge on any atom is -0.371 e. The molecular formula is C20H21ClF2N4O. The Morgan fingerprint density at radius 3 is 2.71 bits per heavy atom. The Kier molecular flexibility index (Phi) is 5.05. The Labute approximate surface area is 167 Å². The Bertz CT molecular complexity index is 917. The lowest BCUT2D eigenvalue weighted by molar-refractivity contribution is -0.114. The van der Waals surface area contributed by atoms with Crippen molar-refractivity contribution in [2.45, 2.75) is 39.4 Å². The van der Waals surface area contributed by atoms with Crippen molar-refractivity contribution in [2.75, 3.05) is 18.0 Å².